The molecule has 0 unspecified atom stereocenters. The van der Waals surface area contributed by atoms with Crippen LogP contribution in [0.3, 0.4) is 0 Å². The molecule has 1 saturated carbocycles. The van der Waals surface area contributed by atoms with Gasteiger partial charge in [0.05, 0.1) is 5.54 Å². The monoisotopic (exact) mass is 270 g/mol. The van der Waals surface area contributed by atoms with Crippen LogP contribution < -0.4 is 5.73 Å². The Morgan fingerprint density at radius 3 is 2.80 bits per heavy atom. The lowest BCUT2D eigenvalue weighted by molar-refractivity contribution is 0.0324. The zero-order chi connectivity index (χ0) is 13.9. The van der Waals surface area contributed by atoms with Gasteiger partial charge in [-0.05, 0) is 43.9 Å². The van der Waals surface area contributed by atoms with E-state index in [0.717, 1.165) is 16.5 Å². The number of rotatable bonds is 2. The summed E-state index contributed by atoms with van der Waals surface area (Å²) in [4.78, 5) is 14.2. The number of benzene rings is 1. The second kappa shape index (κ2) is 3.85. The summed E-state index contributed by atoms with van der Waals surface area (Å²) >= 11 is 0. The van der Waals surface area contributed by atoms with E-state index >= 15 is 0 Å². The summed E-state index contributed by atoms with van der Waals surface area (Å²) in [6.45, 7) is 3.35. The van der Waals surface area contributed by atoms with Gasteiger partial charge in [-0.25, -0.2) is 0 Å². The molecule has 0 atom stereocenters. The van der Waals surface area contributed by atoms with Crippen molar-refractivity contribution < 1.29 is 9.21 Å². The van der Waals surface area contributed by atoms with Gasteiger partial charge >= 0.3 is 0 Å². The molecule has 1 amide bonds. The van der Waals surface area contributed by atoms with Gasteiger partial charge in [0.1, 0.15) is 5.58 Å². The Hall–Kier alpha value is -1.81. The highest BCUT2D eigenvalue weighted by Gasteiger charge is 2.52. The van der Waals surface area contributed by atoms with Crippen molar-refractivity contribution in [2.45, 2.75) is 25.3 Å². The third-order valence-electron chi connectivity index (χ3n) is 4.53. The minimum absolute atomic E-state index is 0.0411. The molecule has 4 heteroatoms. The van der Waals surface area contributed by atoms with Gasteiger partial charge in [0.25, 0.3) is 5.91 Å². The number of hydrogen-bond donors (Lipinski definition) is 1. The Labute approximate surface area is 117 Å². The lowest BCUT2D eigenvalue weighted by Gasteiger charge is -2.47. The normalized spacial score (nSPS) is 21.0. The second-order valence-corrected chi connectivity index (χ2v) is 6.32. The molecule has 1 saturated heterocycles. The highest BCUT2D eigenvalue weighted by atomic mass is 16.3. The van der Waals surface area contributed by atoms with Gasteiger partial charge in [-0.15, -0.1) is 0 Å². The molecule has 4 rings (SSSR count). The predicted molar refractivity (Wildman–Crippen MR) is 76.5 cm³/mol. The number of amides is 1. The fraction of sp³-hybridized carbons (Fsp3) is 0.438. The Kier molecular flexibility index (Phi) is 2.31. The first-order valence-electron chi connectivity index (χ1n) is 7.13. The molecule has 0 radical (unpaired) electrons. The van der Waals surface area contributed by atoms with Crippen LogP contribution in [0.15, 0.2) is 28.7 Å². The fourth-order valence-corrected chi connectivity index (χ4v) is 3.15. The lowest BCUT2D eigenvalue weighted by Crippen LogP contribution is -2.69. The van der Waals surface area contributed by atoms with E-state index < -0.39 is 0 Å². The molecule has 0 bridgehead atoms. The zero-order valence-electron chi connectivity index (χ0n) is 11.6. The Bertz CT molecular complexity index is 694. The first-order chi connectivity index (χ1) is 9.55. The van der Waals surface area contributed by atoms with E-state index in [0.29, 0.717) is 24.8 Å². The zero-order valence-corrected chi connectivity index (χ0v) is 11.6. The van der Waals surface area contributed by atoms with Crippen molar-refractivity contribution in [2.24, 2.45) is 11.7 Å². The van der Waals surface area contributed by atoms with E-state index in [1.807, 2.05) is 31.2 Å². The molecule has 2 heterocycles. The first kappa shape index (κ1) is 12.0. The molecule has 4 nitrogen and oxygen atoms in total. The first-order valence-corrected chi connectivity index (χ1v) is 7.13. The quantitative estimate of drug-likeness (QED) is 0.911. The largest absolute Gasteiger partial charge is 0.451 e. The van der Waals surface area contributed by atoms with Crippen LogP contribution in [0.4, 0.5) is 0 Å². The average Bonchev–Trinajstić information content (AvgIpc) is 3.15. The van der Waals surface area contributed by atoms with Crippen LogP contribution in [0, 0.1) is 12.8 Å². The predicted octanol–water partition coefficient (Wildman–Crippen LogP) is 2.30. The minimum Gasteiger partial charge on any atom is -0.451 e. The molecule has 2 N–H and O–H groups in total. The number of fused-ring (bicyclic) bond motifs is 1. The van der Waals surface area contributed by atoms with Gasteiger partial charge in [-0.2, -0.15) is 0 Å². The van der Waals surface area contributed by atoms with Crippen molar-refractivity contribution in [1.82, 2.24) is 4.90 Å². The number of carbonyl (C=O) groups is 1. The maximum atomic E-state index is 12.4. The number of nitrogens with two attached hydrogens (primary N) is 1. The minimum atomic E-state index is -0.141. The van der Waals surface area contributed by atoms with Crippen molar-refractivity contribution in [3.05, 3.63) is 35.6 Å². The van der Waals surface area contributed by atoms with E-state index in [2.05, 4.69) is 0 Å². The van der Waals surface area contributed by atoms with Crippen LogP contribution in [0.1, 0.15) is 29.0 Å². The van der Waals surface area contributed by atoms with Crippen LogP contribution >= 0.6 is 0 Å². The maximum absolute atomic E-state index is 12.4. The van der Waals surface area contributed by atoms with Crippen LogP contribution in [0.5, 0.6) is 0 Å². The smallest absolute Gasteiger partial charge is 0.289 e. The number of carbonyl (C=O) groups excluding carboxylic acids is 1. The molecule has 20 heavy (non-hydrogen) atoms. The van der Waals surface area contributed by atoms with Gasteiger partial charge in [0.15, 0.2) is 5.76 Å². The number of hydrogen-bond acceptors (Lipinski definition) is 3. The molecular formula is C16H18N2O2. The molecule has 104 valence electrons. The van der Waals surface area contributed by atoms with Crippen molar-refractivity contribution >= 4 is 16.9 Å². The van der Waals surface area contributed by atoms with E-state index in [-0.39, 0.29) is 11.4 Å². The van der Waals surface area contributed by atoms with Crippen molar-refractivity contribution in [2.75, 3.05) is 13.1 Å². The van der Waals surface area contributed by atoms with Crippen molar-refractivity contribution in [1.29, 1.82) is 0 Å². The summed E-state index contributed by atoms with van der Waals surface area (Å²) in [6, 6.07) is 7.76. The summed E-state index contributed by atoms with van der Waals surface area (Å²) < 4.78 is 5.65. The van der Waals surface area contributed by atoms with E-state index in [9.17, 15) is 4.79 Å². The van der Waals surface area contributed by atoms with Crippen molar-refractivity contribution in [3.63, 3.8) is 0 Å². The van der Waals surface area contributed by atoms with E-state index in [4.69, 9.17) is 10.2 Å². The number of aryl methyl sites for hydroxylation is 1. The van der Waals surface area contributed by atoms with Crippen LogP contribution in [-0.2, 0) is 0 Å². The Balaban J connectivity index is 1.55. The van der Waals surface area contributed by atoms with Gasteiger partial charge in [-0.3, -0.25) is 4.79 Å². The third-order valence-corrected chi connectivity index (χ3v) is 4.53. The lowest BCUT2D eigenvalue weighted by atomic mass is 9.85. The Morgan fingerprint density at radius 2 is 2.10 bits per heavy atom. The fourth-order valence-electron chi connectivity index (χ4n) is 3.15. The van der Waals surface area contributed by atoms with Gasteiger partial charge in [0, 0.05) is 18.5 Å². The SMILES string of the molecule is Cc1ccc2oc(C(=O)N3CC(N)(C4CC4)C3)cc2c1. The average molecular weight is 270 g/mol. The number of likely N-dealkylation sites (tertiary alicyclic amines) is 1. The van der Waals surface area contributed by atoms with E-state index in [1.165, 1.54) is 12.8 Å². The van der Waals surface area contributed by atoms with Crippen LogP contribution in [0.25, 0.3) is 11.0 Å². The van der Waals surface area contributed by atoms with Crippen LogP contribution in [0.2, 0.25) is 0 Å². The summed E-state index contributed by atoms with van der Waals surface area (Å²) in [7, 11) is 0. The molecule has 1 aliphatic heterocycles. The number of nitrogens with zero attached hydrogens (tertiary/aromatic N) is 1. The molecule has 0 spiro atoms. The standard InChI is InChI=1S/C16H18N2O2/c1-10-2-5-13-11(6-10)7-14(20-13)15(19)18-8-16(17,9-18)12-3-4-12/h2,5-7,12H,3-4,8-9,17H2,1H3. The summed E-state index contributed by atoms with van der Waals surface area (Å²) in [5.41, 5.74) is 8.07. The van der Waals surface area contributed by atoms with Gasteiger partial charge in [-0.1, -0.05) is 11.6 Å². The topological polar surface area (TPSA) is 59.5 Å². The highest BCUT2D eigenvalue weighted by molar-refractivity contribution is 5.96. The molecule has 2 aromatic rings. The molecule has 1 aliphatic carbocycles. The summed E-state index contributed by atoms with van der Waals surface area (Å²) in [6.07, 6.45) is 2.42. The van der Waals surface area contributed by atoms with E-state index in [1.54, 1.807) is 4.90 Å². The third kappa shape index (κ3) is 1.75. The summed E-state index contributed by atoms with van der Waals surface area (Å²) in [5.74, 6) is 0.994. The molecule has 2 aliphatic rings. The molecule has 1 aromatic carbocycles. The second-order valence-electron chi connectivity index (χ2n) is 6.32. The van der Waals surface area contributed by atoms with Gasteiger partial charge in [0.2, 0.25) is 0 Å². The molecular weight excluding hydrogens is 252 g/mol. The number of furan rings is 1. The summed E-state index contributed by atoms with van der Waals surface area (Å²) in [5, 5.41) is 0.982. The Morgan fingerprint density at radius 1 is 1.35 bits per heavy atom. The van der Waals surface area contributed by atoms with Gasteiger partial charge < -0.3 is 15.1 Å². The molecule has 1 aromatic heterocycles. The highest BCUT2D eigenvalue weighted by Crippen LogP contribution is 2.43. The van der Waals surface area contributed by atoms with Crippen LogP contribution in [-0.4, -0.2) is 29.4 Å². The molecule has 2 fully saturated rings. The van der Waals surface area contributed by atoms with Crippen molar-refractivity contribution in [3.8, 4) is 0 Å². The maximum Gasteiger partial charge on any atom is 0.289 e.